The summed E-state index contributed by atoms with van der Waals surface area (Å²) in [6.45, 7) is 9.57. The second-order valence-corrected chi connectivity index (χ2v) is 5.63. The molecular weight excluding hydrogens is 288 g/mol. The zero-order valence-electron chi connectivity index (χ0n) is 13.0. The van der Waals surface area contributed by atoms with Crippen LogP contribution in [0.15, 0.2) is 24.3 Å². The third kappa shape index (κ3) is 5.30. The molecule has 1 fully saturated rings. The van der Waals surface area contributed by atoms with Crippen LogP contribution in [0.5, 0.6) is 5.75 Å². The standard InChI is InChI=1S/C16H24N2O2.ClH/c1-12-10-18(11-13(2)17-12)8-9-20-16-7-5-4-6-15(16)14(3)19;/h4-7,12-13,17H,8-11H2,1-3H3;1H. The quantitative estimate of drug-likeness (QED) is 0.848. The van der Waals surface area contributed by atoms with E-state index in [1.807, 2.05) is 24.3 Å². The highest BCUT2D eigenvalue weighted by atomic mass is 35.5. The molecular formula is C16H25ClN2O2. The normalized spacial score (nSPS) is 22.4. The van der Waals surface area contributed by atoms with Crippen LogP contribution in [-0.4, -0.2) is 49.0 Å². The van der Waals surface area contributed by atoms with Crippen molar-refractivity contribution in [3.05, 3.63) is 29.8 Å². The fraction of sp³-hybridized carbons (Fsp3) is 0.562. The Morgan fingerprint density at radius 3 is 2.52 bits per heavy atom. The van der Waals surface area contributed by atoms with Gasteiger partial charge in [-0.25, -0.2) is 0 Å². The van der Waals surface area contributed by atoms with Crippen molar-refractivity contribution in [1.29, 1.82) is 0 Å². The molecule has 1 aromatic rings. The van der Waals surface area contributed by atoms with Crippen LogP contribution >= 0.6 is 12.4 Å². The van der Waals surface area contributed by atoms with Crippen molar-refractivity contribution in [2.24, 2.45) is 0 Å². The minimum Gasteiger partial charge on any atom is -0.491 e. The summed E-state index contributed by atoms with van der Waals surface area (Å²) < 4.78 is 5.79. The Morgan fingerprint density at radius 2 is 1.90 bits per heavy atom. The first kappa shape index (κ1) is 18.0. The SMILES string of the molecule is CC(=O)c1ccccc1OCCN1CC(C)NC(C)C1.Cl. The number of carbonyl (C=O) groups is 1. The molecule has 1 saturated heterocycles. The number of nitrogens with zero attached hydrogens (tertiary/aromatic N) is 1. The molecule has 1 aliphatic rings. The fourth-order valence-corrected chi connectivity index (χ4v) is 2.79. The van der Waals surface area contributed by atoms with Gasteiger partial charge < -0.3 is 10.1 Å². The van der Waals surface area contributed by atoms with Gasteiger partial charge in [-0.3, -0.25) is 9.69 Å². The van der Waals surface area contributed by atoms with Gasteiger partial charge in [0.2, 0.25) is 0 Å². The number of ether oxygens (including phenoxy) is 1. The van der Waals surface area contributed by atoms with Crippen LogP contribution in [0, 0.1) is 0 Å². The molecule has 0 amide bonds. The van der Waals surface area contributed by atoms with E-state index in [0.717, 1.165) is 19.6 Å². The first-order valence-corrected chi connectivity index (χ1v) is 7.27. The van der Waals surface area contributed by atoms with Gasteiger partial charge in [-0.15, -0.1) is 12.4 Å². The number of ketones is 1. The highest BCUT2D eigenvalue weighted by Crippen LogP contribution is 2.18. The van der Waals surface area contributed by atoms with Gasteiger partial charge in [0, 0.05) is 31.7 Å². The zero-order valence-corrected chi connectivity index (χ0v) is 13.8. The van der Waals surface area contributed by atoms with Crippen LogP contribution in [0.1, 0.15) is 31.1 Å². The lowest BCUT2D eigenvalue weighted by atomic mass is 10.1. The summed E-state index contributed by atoms with van der Waals surface area (Å²) in [7, 11) is 0. The monoisotopic (exact) mass is 312 g/mol. The predicted molar refractivity (Wildman–Crippen MR) is 87.7 cm³/mol. The average molecular weight is 313 g/mol. The number of nitrogens with one attached hydrogen (secondary N) is 1. The van der Waals surface area contributed by atoms with Gasteiger partial charge in [-0.2, -0.15) is 0 Å². The summed E-state index contributed by atoms with van der Waals surface area (Å²) in [5.41, 5.74) is 0.662. The molecule has 0 aromatic heterocycles. The number of hydrogen-bond acceptors (Lipinski definition) is 4. The molecule has 0 saturated carbocycles. The van der Waals surface area contributed by atoms with Crippen LogP contribution in [0.25, 0.3) is 0 Å². The Kier molecular flexibility index (Phi) is 7.15. The summed E-state index contributed by atoms with van der Waals surface area (Å²) in [5.74, 6) is 0.737. The molecule has 1 aliphatic heterocycles. The largest absolute Gasteiger partial charge is 0.491 e. The van der Waals surface area contributed by atoms with Crippen molar-refractivity contribution in [3.63, 3.8) is 0 Å². The van der Waals surface area contributed by atoms with E-state index in [9.17, 15) is 4.79 Å². The lowest BCUT2D eigenvalue weighted by Crippen LogP contribution is -2.54. The third-order valence-electron chi connectivity index (χ3n) is 3.56. The smallest absolute Gasteiger partial charge is 0.163 e. The van der Waals surface area contributed by atoms with Gasteiger partial charge in [0.25, 0.3) is 0 Å². The Balaban J connectivity index is 0.00000220. The van der Waals surface area contributed by atoms with Crippen LogP contribution in [-0.2, 0) is 0 Å². The number of Topliss-reactive ketones (excluding diaryl/α,β-unsaturated/α-hetero) is 1. The number of benzene rings is 1. The van der Waals surface area contributed by atoms with Crippen molar-refractivity contribution in [3.8, 4) is 5.75 Å². The topological polar surface area (TPSA) is 41.6 Å². The fourth-order valence-electron chi connectivity index (χ4n) is 2.79. The first-order chi connectivity index (χ1) is 9.56. The Labute approximate surface area is 133 Å². The lowest BCUT2D eigenvalue weighted by molar-refractivity contribution is 0.101. The van der Waals surface area contributed by atoms with E-state index in [1.165, 1.54) is 0 Å². The molecule has 0 aliphatic carbocycles. The highest BCUT2D eigenvalue weighted by molar-refractivity contribution is 5.96. The molecule has 0 bridgehead atoms. The van der Waals surface area contributed by atoms with Gasteiger partial charge in [0.15, 0.2) is 5.78 Å². The molecule has 5 heteroatoms. The van der Waals surface area contributed by atoms with E-state index in [1.54, 1.807) is 6.92 Å². The molecule has 4 nitrogen and oxygen atoms in total. The number of para-hydroxylation sites is 1. The molecule has 0 radical (unpaired) electrons. The first-order valence-electron chi connectivity index (χ1n) is 7.27. The van der Waals surface area contributed by atoms with Crippen molar-refractivity contribution >= 4 is 18.2 Å². The van der Waals surface area contributed by atoms with Crippen molar-refractivity contribution < 1.29 is 9.53 Å². The van der Waals surface area contributed by atoms with E-state index in [-0.39, 0.29) is 18.2 Å². The van der Waals surface area contributed by atoms with Crippen molar-refractivity contribution in [1.82, 2.24) is 10.2 Å². The molecule has 1 aromatic carbocycles. The Hall–Kier alpha value is -1.10. The number of hydrogen-bond donors (Lipinski definition) is 1. The van der Waals surface area contributed by atoms with Crippen LogP contribution in [0.3, 0.4) is 0 Å². The predicted octanol–water partition coefficient (Wildman–Crippen LogP) is 2.37. The number of carbonyl (C=O) groups excluding carboxylic acids is 1. The van der Waals surface area contributed by atoms with E-state index >= 15 is 0 Å². The molecule has 2 rings (SSSR count). The van der Waals surface area contributed by atoms with Crippen molar-refractivity contribution in [2.45, 2.75) is 32.9 Å². The maximum Gasteiger partial charge on any atom is 0.163 e. The second-order valence-electron chi connectivity index (χ2n) is 5.63. The van der Waals surface area contributed by atoms with Gasteiger partial charge in [-0.1, -0.05) is 12.1 Å². The Bertz CT molecular complexity index is 457. The van der Waals surface area contributed by atoms with E-state index in [2.05, 4.69) is 24.1 Å². The minimum atomic E-state index is 0. The van der Waals surface area contributed by atoms with Crippen LogP contribution in [0.2, 0.25) is 0 Å². The van der Waals surface area contributed by atoms with Gasteiger partial charge in [0.05, 0.1) is 5.56 Å². The third-order valence-corrected chi connectivity index (χ3v) is 3.56. The van der Waals surface area contributed by atoms with Gasteiger partial charge >= 0.3 is 0 Å². The molecule has 118 valence electrons. The maximum absolute atomic E-state index is 11.5. The zero-order chi connectivity index (χ0) is 14.5. The average Bonchev–Trinajstić information content (AvgIpc) is 2.38. The number of rotatable bonds is 5. The summed E-state index contributed by atoms with van der Waals surface area (Å²) >= 11 is 0. The molecule has 0 spiro atoms. The van der Waals surface area contributed by atoms with E-state index in [0.29, 0.717) is 30.0 Å². The number of piperazine rings is 1. The summed E-state index contributed by atoms with van der Waals surface area (Å²) in [6, 6.07) is 8.47. The summed E-state index contributed by atoms with van der Waals surface area (Å²) in [4.78, 5) is 13.9. The van der Waals surface area contributed by atoms with Crippen molar-refractivity contribution in [2.75, 3.05) is 26.2 Å². The van der Waals surface area contributed by atoms with E-state index in [4.69, 9.17) is 4.74 Å². The molecule has 21 heavy (non-hydrogen) atoms. The van der Waals surface area contributed by atoms with E-state index < -0.39 is 0 Å². The lowest BCUT2D eigenvalue weighted by Gasteiger charge is -2.36. The second kappa shape index (κ2) is 8.37. The van der Waals surface area contributed by atoms with Crippen LogP contribution in [0.4, 0.5) is 0 Å². The van der Waals surface area contributed by atoms with Gasteiger partial charge in [0.1, 0.15) is 12.4 Å². The minimum absolute atomic E-state index is 0. The Morgan fingerprint density at radius 1 is 1.29 bits per heavy atom. The molecule has 2 atom stereocenters. The maximum atomic E-state index is 11.5. The highest BCUT2D eigenvalue weighted by Gasteiger charge is 2.20. The van der Waals surface area contributed by atoms with Crippen LogP contribution < -0.4 is 10.1 Å². The molecule has 1 N–H and O–H groups in total. The molecule has 1 heterocycles. The summed E-state index contributed by atoms with van der Waals surface area (Å²) in [5, 5.41) is 3.51. The number of halogens is 1. The van der Waals surface area contributed by atoms with Gasteiger partial charge in [-0.05, 0) is 32.9 Å². The summed E-state index contributed by atoms with van der Waals surface area (Å²) in [6.07, 6.45) is 0. The molecule has 2 unspecified atom stereocenters.